The van der Waals surface area contributed by atoms with Crippen LogP contribution in [0.2, 0.25) is 0 Å². The van der Waals surface area contributed by atoms with Gasteiger partial charge in [0.2, 0.25) is 5.88 Å². The first-order valence-electron chi connectivity index (χ1n) is 4.92. The Hall–Kier alpha value is -1.63. The minimum absolute atomic E-state index is 0.230. The van der Waals surface area contributed by atoms with Crippen LogP contribution in [-0.4, -0.2) is 19.7 Å². The Labute approximate surface area is 106 Å². The highest BCUT2D eigenvalue weighted by Crippen LogP contribution is 2.29. The van der Waals surface area contributed by atoms with Crippen molar-refractivity contribution in [1.29, 1.82) is 0 Å². The zero-order valence-corrected chi connectivity index (χ0v) is 11.2. The van der Waals surface area contributed by atoms with Gasteiger partial charge in [-0.2, -0.15) is 5.10 Å². The summed E-state index contributed by atoms with van der Waals surface area (Å²) in [5, 5.41) is 4.22. The minimum Gasteiger partial charge on any atom is -0.434 e. The molecule has 17 heavy (non-hydrogen) atoms. The molecule has 0 unspecified atom stereocenters. The van der Waals surface area contributed by atoms with Gasteiger partial charge in [0.05, 0.1) is 12.0 Å². The molecule has 0 aliphatic heterocycles. The van der Waals surface area contributed by atoms with Crippen LogP contribution in [0, 0.1) is 13.8 Å². The molecule has 2 aromatic rings. The van der Waals surface area contributed by atoms with E-state index in [1.165, 1.54) is 6.33 Å². The van der Waals surface area contributed by atoms with Crippen LogP contribution in [0.4, 0.5) is 0 Å². The van der Waals surface area contributed by atoms with Crippen LogP contribution in [0.5, 0.6) is 11.6 Å². The highest BCUT2D eigenvalue weighted by atomic mass is 79.9. The zero-order chi connectivity index (χ0) is 12.6. The molecule has 0 saturated heterocycles. The van der Waals surface area contributed by atoms with E-state index in [-0.39, 0.29) is 15.9 Å². The first-order valence-corrected chi connectivity index (χ1v) is 5.71. The largest absolute Gasteiger partial charge is 0.434 e. The van der Waals surface area contributed by atoms with Crippen molar-refractivity contribution in [3.05, 3.63) is 32.5 Å². The van der Waals surface area contributed by atoms with E-state index in [2.05, 4.69) is 31.0 Å². The predicted molar refractivity (Wildman–Crippen MR) is 65.3 cm³/mol. The van der Waals surface area contributed by atoms with E-state index >= 15 is 0 Å². The summed E-state index contributed by atoms with van der Waals surface area (Å²) >= 11 is 3.14. The molecule has 0 aliphatic rings. The minimum atomic E-state index is -0.283. The summed E-state index contributed by atoms with van der Waals surface area (Å²) in [7, 11) is 1.83. The maximum absolute atomic E-state index is 11.4. The number of aryl methyl sites for hydroxylation is 2. The molecule has 2 rings (SSSR count). The molecule has 0 atom stereocenters. The molecule has 0 aliphatic carbocycles. The number of aromatic nitrogens is 4. The Bertz CT molecular complexity index is 617. The average Bonchev–Trinajstić information content (AvgIpc) is 2.51. The quantitative estimate of drug-likeness (QED) is 0.915. The fourth-order valence-electron chi connectivity index (χ4n) is 1.44. The van der Waals surface area contributed by atoms with Crippen molar-refractivity contribution in [2.45, 2.75) is 13.8 Å². The lowest BCUT2D eigenvalue weighted by Crippen LogP contribution is -2.08. The van der Waals surface area contributed by atoms with Crippen molar-refractivity contribution in [1.82, 2.24) is 19.7 Å². The molecule has 0 amide bonds. The lowest BCUT2D eigenvalue weighted by atomic mass is 10.3. The highest BCUT2D eigenvalue weighted by Gasteiger charge is 2.15. The Balaban J connectivity index is 2.45. The molecule has 6 nitrogen and oxygen atoms in total. The van der Waals surface area contributed by atoms with E-state index in [0.717, 1.165) is 11.4 Å². The van der Waals surface area contributed by atoms with Crippen LogP contribution in [0.25, 0.3) is 0 Å². The van der Waals surface area contributed by atoms with Gasteiger partial charge in [0, 0.05) is 7.05 Å². The molecule has 1 N–H and O–H groups in total. The Kier molecular flexibility index (Phi) is 3.01. The van der Waals surface area contributed by atoms with Crippen LogP contribution < -0.4 is 10.3 Å². The maximum atomic E-state index is 11.4. The molecule has 90 valence electrons. The molecular weight excluding hydrogens is 288 g/mol. The van der Waals surface area contributed by atoms with Gasteiger partial charge in [-0.1, -0.05) is 0 Å². The van der Waals surface area contributed by atoms with Gasteiger partial charge in [-0.3, -0.25) is 9.48 Å². The van der Waals surface area contributed by atoms with E-state index in [1.54, 1.807) is 4.68 Å². The second kappa shape index (κ2) is 4.33. The summed E-state index contributed by atoms with van der Waals surface area (Å²) < 4.78 is 7.59. The number of H-pyrrole nitrogens is 1. The summed E-state index contributed by atoms with van der Waals surface area (Å²) in [6.07, 6.45) is 1.30. The lowest BCUT2D eigenvalue weighted by molar-refractivity contribution is 0.449. The van der Waals surface area contributed by atoms with Crippen LogP contribution in [0.15, 0.2) is 15.6 Å². The van der Waals surface area contributed by atoms with E-state index in [0.29, 0.717) is 5.75 Å². The van der Waals surface area contributed by atoms with E-state index in [1.807, 2.05) is 20.9 Å². The van der Waals surface area contributed by atoms with Crippen molar-refractivity contribution in [3.8, 4) is 11.6 Å². The normalized spacial score (nSPS) is 10.6. The van der Waals surface area contributed by atoms with Gasteiger partial charge in [-0.25, -0.2) is 4.98 Å². The average molecular weight is 299 g/mol. The van der Waals surface area contributed by atoms with Gasteiger partial charge in [0.25, 0.3) is 5.56 Å². The second-order valence-electron chi connectivity index (χ2n) is 3.58. The molecular formula is C10H11BrN4O2. The molecule has 2 aromatic heterocycles. The first-order chi connectivity index (χ1) is 8.00. The monoisotopic (exact) mass is 298 g/mol. The van der Waals surface area contributed by atoms with Crippen molar-refractivity contribution >= 4 is 15.9 Å². The number of nitrogens with zero attached hydrogens (tertiary/aromatic N) is 3. The van der Waals surface area contributed by atoms with Crippen molar-refractivity contribution in [2.24, 2.45) is 7.05 Å². The Morgan fingerprint density at radius 1 is 1.47 bits per heavy atom. The molecule has 0 fully saturated rings. The summed E-state index contributed by atoms with van der Waals surface area (Å²) in [5.41, 5.74) is 1.34. The fraction of sp³-hybridized carbons (Fsp3) is 0.300. The molecule has 0 saturated carbocycles. The SMILES string of the molecule is Cc1nn(C)c(C)c1Oc1nc[nH]c(=O)c1Br. The maximum Gasteiger partial charge on any atom is 0.268 e. The van der Waals surface area contributed by atoms with Crippen molar-refractivity contribution in [3.63, 3.8) is 0 Å². The van der Waals surface area contributed by atoms with Gasteiger partial charge >= 0.3 is 0 Å². The van der Waals surface area contributed by atoms with Crippen LogP contribution >= 0.6 is 15.9 Å². The number of ether oxygens (including phenoxy) is 1. The molecule has 0 radical (unpaired) electrons. The molecule has 0 spiro atoms. The molecule has 0 aromatic carbocycles. The van der Waals surface area contributed by atoms with Gasteiger partial charge in [-0.05, 0) is 29.8 Å². The first kappa shape index (κ1) is 11.8. The number of rotatable bonds is 2. The van der Waals surface area contributed by atoms with Crippen LogP contribution in [0.3, 0.4) is 0 Å². The Morgan fingerprint density at radius 3 is 2.76 bits per heavy atom. The van der Waals surface area contributed by atoms with Crippen molar-refractivity contribution < 1.29 is 4.74 Å². The smallest absolute Gasteiger partial charge is 0.268 e. The third-order valence-corrected chi connectivity index (χ3v) is 3.11. The number of halogens is 1. The van der Waals surface area contributed by atoms with Gasteiger partial charge in [-0.15, -0.1) is 0 Å². The lowest BCUT2D eigenvalue weighted by Gasteiger charge is -2.05. The van der Waals surface area contributed by atoms with E-state index in [9.17, 15) is 4.79 Å². The van der Waals surface area contributed by atoms with Gasteiger partial charge < -0.3 is 9.72 Å². The zero-order valence-electron chi connectivity index (χ0n) is 9.61. The van der Waals surface area contributed by atoms with Gasteiger partial charge in [0.1, 0.15) is 10.2 Å². The summed E-state index contributed by atoms with van der Waals surface area (Å²) in [6.45, 7) is 3.72. The summed E-state index contributed by atoms with van der Waals surface area (Å²) in [5.74, 6) is 0.847. The third-order valence-electron chi connectivity index (χ3n) is 2.41. The number of hydrogen-bond acceptors (Lipinski definition) is 4. The third kappa shape index (κ3) is 2.10. The topological polar surface area (TPSA) is 72.8 Å². The second-order valence-corrected chi connectivity index (χ2v) is 4.37. The number of aromatic amines is 1. The van der Waals surface area contributed by atoms with Gasteiger partial charge in [0.15, 0.2) is 5.75 Å². The number of hydrogen-bond donors (Lipinski definition) is 1. The van der Waals surface area contributed by atoms with Crippen LogP contribution in [-0.2, 0) is 7.05 Å². The Morgan fingerprint density at radius 2 is 2.18 bits per heavy atom. The summed E-state index contributed by atoms with van der Waals surface area (Å²) in [6, 6.07) is 0. The van der Waals surface area contributed by atoms with Crippen molar-refractivity contribution in [2.75, 3.05) is 0 Å². The van der Waals surface area contributed by atoms with E-state index in [4.69, 9.17) is 4.74 Å². The van der Waals surface area contributed by atoms with E-state index < -0.39 is 0 Å². The molecule has 7 heteroatoms. The summed E-state index contributed by atoms with van der Waals surface area (Å²) in [4.78, 5) is 17.8. The molecule has 2 heterocycles. The highest BCUT2D eigenvalue weighted by molar-refractivity contribution is 9.10. The molecule has 0 bridgehead atoms. The standard InChI is InChI=1S/C10H11BrN4O2/c1-5-8(6(2)15(3)14-5)17-10-7(11)9(16)12-4-13-10/h4H,1-3H3,(H,12,13,16). The van der Waals surface area contributed by atoms with Crippen LogP contribution in [0.1, 0.15) is 11.4 Å². The fourth-order valence-corrected chi connectivity index (χ4v) is 1.73. The number of nitrogens with one attached hydrogen (secondary N) is 1. The predicted octanol–water partition coefficient (Wildman–Crippen LogP) is 1.68.